The van der Waals surface area contributed by atoms with Crippen molar-refractivity contribution >= 4 is 39.2 Å². The number of alkyl halides is 3. The van der Waals surface area contributed by atoms with Crippen LogP contribution in [-0.2, 0) is 23.9 Å². The van der Waals surface area contributed by atoms with Crippen LogP contribution < -0.4 is 9.64 Å². The van der Waals surface area contributed by atoms with Gasteiger partial charge in [-0.2, -0.15) is 21.6 Å². The lowest BCUT2D eigenvalue weighted by molar-refractivity contribution is -0.135. The number of esters is 1. The molecule has 4 rings (SSSR count). The molecule has 1 aliphatic heterocycles. The minimum absolute atomic E-state index is 0.0540. The van der Waals surface area contributed by atoms with Crippen molar-refractivity contribution in [1.82, 2.24) is 0 Å². The van der Waals surface area contributed by atoms with Gasteiger partial charge >= 0.3 is 27.6 Å². The van der Waals surface area contributed by atoms with Crippen LogP contribution in [0, 0.1) is 0 Å². The first-order valence-electron chi connectivity index (χ1n) is 10.7. The highest BCUT2D eigenvalue weighted by molar-refractivity contribution is 7.88. The molecular formula is C25H18F3NO7S. The summed E-state index contributed by atoms with van der Waals surface area (Å²) < 4.78 is 70.1. The topological polar surface area (TPSA) is 107 Å². The number of Topliss-reactive ketones (excluding diaryl/α,β-unsaturated/α-hetero) is 1. The van der Waals surface area contributed by atoms with Gasteiger partial charge in [0, 0.05) is 11.4 Å². The fourth-order valence-corrected chi connectivity index (χ4v) is 4.41. The molecule has 0 spiro atoms. The van der Waals surface area contributed by atoms with Gasteiger partial charge in [-0.1, -0.05) is 48.5 Å². The van der Waals surface area contributed by atoms with Gasteiger partial charge < -0.3 is 13.8 Å². The van der Waals surface area contributed by atoms with Crippen LogP contribution in [0.5, 0.6) is 5.75 Å². The van der Waals surface area contributed by atoms with Crippen LogP contribution in [0.25, 0.3) is 0 Å². The number of carbonyl (C=O) groups is 3. The lowest BCUT2D eigenvalue weighted by atomic mass is 9.85. The van der Waals surface area contributed by atoms with Gasteiger partial charge in [0.2, 0.25) is 0 Å². The Morgan fingerprint density at radius 3 is 1.92 bits per heavy atom. The number of ether oxygens (including phenoxy) is 1. The maximum Gasteiger partial charge on any atom is 0.534 e. The van der Waals surface area contributed by atoms with Crippen LogP contribution in [0.3, 0.4) is 0 Å². The number of nitrogens with zero attached hydrogens (tertiary/aromatic N) is 1. The molecule has 8 nitrogen and oxygen atoms in total. The Bertz CT molecular complexity index is 1450. The van der Waals surface area contributed by atoms with Gasteiger partial charge in [-0.05, 0) is 42.3 Å². The van der Waals surface area contributed by atoms with E-state index in [1.807, 2.05) is 0 Å². The van der Waals surface area contributed by atoms with E-state index >= 15 is 0 Å². The third-order valence-electron chi connectivity index (χ3n) is 5.56. The van der Waals surface area contributed by atoms with Crippen LogP contribution >= 0.6 is 0 Å². The summed E-state index contributed by atoms with van der Waals surface area (Å²) in [5, 5.41) is 0. The molecule has 192 valence electrons. The van der Waals surface area contributed by atoms with Crippen molar-refractivity contribution in [2.24, 2.45) is 0 Å². The molecule has 0 saturated carbocycles. The van der Waals surface area contributed by atoms with E-state index in [0.29, 0.717) is 11.1 Å². The van der Waals surface area contributed by atoms with Gasteiger partial charge in [-0.15, -0.1) is 0 Å². The van der Waals surface area contributed by atoms with E-state index in [2.05, 4.69) is 4.18 Å². The summed E-state index contributed by atoms with van der Waals surface area (Å²) in [5.41, 5.74) is -4.38. The van der Waals surface area contributed by atoms with Crippen molar-refractivity contribution in [2.75, 3.05) is 11.4 Å². The van der Waals surface area contributed by atoms with Crippen LogP contribution in [-0.4, -0.2) is 38.2 Å². The van der Waals surface area contributed by atoms with E-state index in [9.17, 15) is 36.0 Å². The summed E-state index contributed by atoms with van der Waals surface area (Å²) in [7, 11) is -6.15. The van der Waals surface area contributed by atoms with Gasteiger partial charge in [0.1, 0.15) is 18.2 Å². The fourth-order valence-electron chi connectivity index (χ4n) is 4.02. The van der Waals surface area contributed by atoms with E-state index in [1.54, 1.807) is 48.5 Å². The quantitative estimate of drug-likeness (QED) is 0.150. The van der Waals surface area contributed by atoms with Gasteiger partial charge in [-0.25, -0.2) is 4.79 Å². The smallest absolute Gasteiger partial charge is 0.425 e. The molecule has 37 heavy (non-hydrogen) atoms. The molecule has 1 heterocycles. The summed E-state index contributed by atoms with van der Waals surface area (Å²) in [6.45, 7) is 0.437. The number of fused-ring (bicyclic) bond motifs is 2. The molecule has 0 aromatic heterocycles. The number of rotatable bonds is 6. The fraction of sp³-hybridized carbons (Fsp3) is 0.160. The maximum atomic E-state index is 13.4. The van der Waals surface area contributed by atoms with Gasteiger partial charge in [0.25, 0.3) is 0 Å². The summed E-state index contributed by atoms with van der Waals surface area (Å²) in [6.07, 6.45) is 0. The molecule has 1 aliphatic rings. The van der Waals surface area contributed by atoms with Crippen molar-refractivity contribution < 1.29 is 44.9 Å². The average molecular weight is 533 g/mol. The Kier molecular flexibility index (Phi) is 6.78. The molecule has 0 bridgehead atoms. The van der Waals surface area contributed by atoms with E-state index in [1.165, 1.54) is 36.1 Å². The Morgan fingerprint density at radius 2 is 1.38 bits per heavy atom. The first kappa shape index (κ1) is 25.9. The minimum Gasteiger partial charge on any atom is -0.425 e. The lowest BCUT2D eigenvalue weighted by Crippen LogP contribution is -2.36. The average Bonchev–Trinajstić information content (AvgIpc) is 2.83. The van der Waals surface area contributed by atoms with Gasteiger partial charge in [-0.3, -0.25) is 9.59 Å². The number of ketones is 1. The highest BCUT2D eigenvalue weighted by atomic mass is 32.2. The van der Waals surface area contributed by atoms with Gasteiger partial charge in [0.05, 0.1) is 5.56 Å². The summed E-state index contributed by atoms with van der Waals surface area (Å²) in [4.78, 5) is 39.0. The molecule has 3 aromatic rings. The second-order valence-electron chi connectivity index (χ2n) is 7.97. The molecule has 0 unspecified atom stereocenters. The standard InChI is InChI=1S/C25H18F3NO7S/c1-15(30)16-8-4-7-13-21(16)35-24(32)23-17-9-2-5-11-19(17)29(20-12-6-3-10-18(20)23)14-22(31)36-37(33,34)25(26,27)28/h2-13,23H,14H2,1H3. The molecule has 0 N–H and O–H groups in total. The third-order valence-corrected chi connectivity index (χ3v) is 6.54. The lowest BCUT2D eigenvalue weighted by Gasteiger charge is -2.36. The second-order valence-corrected chi connectivity index (χ2v) is 9.50. The molecule has 0 radical (unpaired) electrons. The first-order chi connectivity index (χ1) is 17.4. The summed E-state index contributed by atoms with van der Waals surface area (Å²) in [5.74, 6) is -3.70. The molecular weight excluding hydrogens is 515 g/mol. The summed E-state index contributed by atoms with van der Waals surface area (Å²) in [6, 6.07) is 18.7. The van der Waals surface area contributed by atoms with E-state index in [4.69, 9.17) is 4.74 Å². The zero-order valence-corrected chi connectivity index (χ0v) is 19.9. The first-order valence-corrected chi connectivity index (χ1v) is 12.1. The van der Waals surface area contributed by atoms with Crippen LogP contribution in [0.2, 0.25) is 0 Å². The molecule has 0 saturated heterocycles. The molecule has 12 heteroatoms. The zero-order chi connectivity index (χ0) is 27.0. The number of halogens is 3. The van der Waals surface area contributed by atoms with E-state index in [0.717, 1.165) is 0 Å². The summed E-state index contributed by atoms with van der Waals surface area (Å²) >= 11 is 0. The Hall–Kier alpha value is -4.19. The Labute approximate surface area is 209 Å². The SMILES string of the molecule is CC(=O)c1ccccc1OC(=O)C1c2ccccc2N(CC(=O)OS(=O)(=O)C(F)(F)F)c2ccccc21. The molecule has 0 fully saturated rings. The van der Waals surface area contributed by atoms with Crippen LogP contribution in [0.15, 0.2) is 72.8 Å². The number of carbonyl (C=O) groups excluding carboxylic acids is 3. The Balaban J connectivity index is 1.72. The van der Waals surface area contributed by atoms with Crippen molar-refractivity contribution in [3.8, 4) is 5.75 Å². The number of anilines is 2. The van der Waals surface area contributed by atoms with Crippen molar-refractivity contribution in [3.05, 3.63) is 89.5 Å². The number of hydrogen-bond donors (Lipinski definition) is 0. The van der Waals surface area contributed by atoms with E-state index < -0.39 is 40.0 Å². The highest BCUT2D eigenvalue weighted by Gasteiger charge is 2.50. The number of benzene rings is 3. The van der Waals surface area contributed by atoms with Crippen molar-refractivity contribution in [2.45, 2.75) is 18.3 Å². The molecule has 0 aliphatic carbocycles. The number of hydrogen-bond acceptors (Lipinski definition) is 8. The molecule has 3 aromatic carbocycles. The molecule has 0 atom stereocenters. The number of para-hydroxylation sites is 3. The van der Waals surface area contributed by atoms with Crippen LogP contribution in [0.1, 0.15) is 34.3 Å². The maximum absolute atomic E-state index is 13.4. The van der Waals surface area contributed by atoms with E-state index in [-0.39, 0.29) is 28.5 Å². The second kappa shape index (κ2) is 9.69. The van der Waals surface area contributed by atoms with Crippen LogP contribution in [0.4, 0.5) is 24.5 Å². The monoisotopic (exact) mass is 533 g/mol. The predicted octanol–water partition coefficient (Wildman–Crippen LogP) is 4.47. The van der Waals surface area contributed by atoms with Crippen molar-refractivity contribution in [1.29, 1.82) is 0 Å². The van der Waals surface area contributed by atoms with Gasteiger partial charge in [0.15, 0.2) is 5.78 Å². The van der Waals surface area contributed by atoms with Crippen molar-refractivity contribution in [3.63, 3.8) is 0 Å². The normalized spacial score (nSPS) is 13.4. The minimum atomic E-state index is -6.15. The third kappa shape index (κ3) is 5.05. The molecule has 0 amide bonds. The highest BCUT2D eigenvalue weighted by Crippen LogP contribution is 2.46. The predicted molar refractivity (Wildman–Crippen MR) is 125 cm³/mol. The largest absolute Gasteiger partial charge is 0.534 e. The zero-order valence-electron chi connectivity index (χ0n) is 19.1. The Morgan fingerprint density at radius 1 is 0.865 bits per heavy atom.